The zero-order valence-corrected chi connectivity index (χ0v) is 13.0. The second-order valence-electron chi connectivity index (χ2n) is 4.29. The van der Waals surface area contributed by atoms with Gasteiger partial charge in [-0.25, -0.2) is 9.78 Å². The van der Waals surface area contributed by atoms with Crippen LogP contribution < -0.4 is 4.74 Å². The number of hydrogen-bond donors (Lipinski definition) is 0. The van der Waals surface area contributed by atoms with E-state index in [9.17, 15) is 4.79 Å². The molecule has 0 aliphatic carbocycles. The molecule has 0 fully saturated rings. The highest BCUT2D eigenvalue weighted by Crippen LogP contribution is 2.27. The topological polar surface area (TPSA) is 48.4 Å². The van der Waals surface area contributed by atoms with Gasteiger partial charge in [-0.15, -0.1) is 0 Å². The maximum absolute atomic E-state index is 11.5. The molecule has 5 heteroatoms. The lowest BCUT2D eigenvalue weighted by atomic mass is 10.2. The zero-order chi connectivity index (χ0) is 14.7. The molecule has 2 rings (SSSR count). The minimum atomic E-state index is -0.402. The van der Waals surface area contributed by atoms with E-state index in [1.165, 1.54) is 7.11 Å². The van der Waals surface area contributed by atoms with Crippen molar-refractivity contribution >= 4 is 21.9 Å². The molecule has 1 heterocycles. The van der Waals surface area contributed by atoms with Crippen molar-refractivity contribution in [3.8, 4) is 11.6 Å². The number of aryl methyl sites for hydroxylation is 2. The molecule has 1 aromatic carbocycles. The number of nitrogens with zero attached hydrogens (tertiary/aromatic N) is 1. The molecule has 0 atom stereocenters. The van der Waals surface area contributed by atoms with Crippen molar-refractivity contribution in [2.24, 2.45) is 0 Å². The van der Waals surface area contributed by atoms with Crippen LogP contribution in [0, 0.1) is 13.8 Å². The van der Waals surface area contributed by atoms with Crippen LogP contribution in [0.1, 0.15) is 21.6 Å². The number of rotatable bonds is 3. The van der Waals surface area contributed by atoms with Gasteiger partial charge in [0.1, 0.15) is 5.75 Å². The highest BCUT2D eigenvalue weighted by atomic mass is 79.9. The van der Waals surface area contributed by atoms with E-state index in [2.05, 4.69) is 25.7 Å². The van der Waals surface area contributed by atoms with E-state index in [0.29, 0.717) is 17.1 Å². The average molecular weight is 336 g/mol. The lowest BCUT2D eigenvalue weighted by molar-refractivity contribution is 0.0599. The molecule has 0 radical (unpaired) electrons. The maximum atomic E-state index is 11.5. The summed E-state index contributed by atoms with van der Waals surface area (Å²) >= 11 is 3.40. The van der Waals surface area contributed by atoms with Crippen LogP contribution in [0.15, 0.2) is 34.8 Å². The molecule has 0 aliphatic rings. The normalized spacial score (nSPS) is 10.2. The molecule has 104 valence electrons. The lowest BCUT2D eigenvalue weighted by Gasteiger charge is -2.10. The third kappa shape index (κ3) is 3.17. The number of benzene rings is 1. The van der Waals surface area contributed by atoms with Gasteiger partial charge in [0, 0.05) is 10.5 Å². The number of aromatic nitrogens is 1. The van der Waals surface area contributed by atoms with Crippen LogP contribution in [0.5, 0.6) is 11.6 Å². The Morgan fingerprint density at radius 2 is 1.95 bits per heavy atom. The predicted molar refractivity (Wildman–Crippen MR) is 79.3 cm³/mol. The molecule has 0 aliphatic heterocycles. The van der Waals surface area contributed by atoms with Crippen LogP contribution in [-0.4, -0.2) is 18.1 Å². The molecule has 20 heavy (non-hydrogen) atoms. The second kappa shape index (κ2) is 6.05. The highest BCUT2D eigenvalue weighted by Gasteiger charge is 2.12. The molecule has 4 nitrogen and oxygen atoms in total. The van der Waals surface area contributed by atoms with Crippen LogP contribution in [0.2, 0.25) is 0 Å². The average Bonchev–Trinajstić information content (AvgIpc) is 2.41. The SMILES string of the molecule is COC(=O)c1ccc(Oc2ccc(Br)cc2C)nc1C. The van der Waals surface area contributed by atoms with Gasteiger partial charge < -0.3 is 9.47 Å². The number of methoxy groups -OCH3 is 1. The van der Waals surface area contributed by atoms with Crippen molar-refractivity contribution < 1.29 is 14.3 Å². The first kappa shape index (κ1) is 14.5. The second-order valence-corrected chi connectivity index (χ2v) is 5.20. The van der Waals surface area contributed by atoms with Gasteiger partial charge >= 0.3 is 5.97 Å². The van der Waals surface area contributed by atoms with Gasteiger partial charge in [0.2, 0.25) is 5.88 Å². The fourth-order valence-electron chi connectivity index (χ4n) is 1.76. The summed E-state index contributed by atoms with van der Waals surface area (Å²) in [6, 6.07) is 9.03. The van der Waals surface area contributed by atoms with Crippen molar-refractivity contribution in [2.45, 2.75) is 13.8 Å². The van der Waals surface area contributed by atoms with E-state index in [0.717, 1.165) is 15.8 Å². The molecule has 0 amide bonds. The van der Waals surface area contributed by atoms with Gasteiger partial charge in [0.15, 0.2) is 0 Å². The molecular formula is C15H14BrNO3. The zero-order valence-electron chi connectivity index (χ0n) is 11.4. The maximum Gasteiger partial charge on any atom is 0.339 e. The fraction of sp³-hybridized carbons (Fsp3) is 0.200. The monoisotopic (exact) mass is 335 g/mol. The fourth-order valence-corrected chi connectivity index (χ4v) is 2.24. The Morgan fingerprint density at radius 1 is 1.20 bits per heavy atom. The van der Waals surface area contributed by atoms with Crippen molar-refractivity contribution in [2.75, 3.05) is 7.11 Å². The van der Waals surface area contributed by atoms with Gasteiger partial charge in [0.25, 0.3) is 0 Å². The molecule has 0 saturated carbocycles. The van der Waals surface area contributed by atoms with E-state index in [-0.39, 0.29) is 0 Å². The van der Waals surface area contributed by atoms with Crippen LogP contribution >= 0.6 is 15.9 Å². The summed E-state index contributed by atoms with van der Waals surface area (Å²) in [6.07, 6.45) is 0. The number of esters is 1. The van der Waals surface area contributed by atoms with Crippen molar-refractivity contribution in [3.05, 3.63) is 51.6 Å². The first-order valence-corrected chi connectivity index (χ1v) is 6.80. The Morgan fingerprint density at radius 3 is 2.55 bits per heavy atom. The Labute approximate surface area is 125 Å². The number of ether oxygens (including phenoxy) is 2. The predicted octanol–water partition coefficient (Wildman–Crippen LogP) is 4.04. The first-order valence-electron chi connectivity index (χ1n) is 6.01. The summed E-state index contributed by atoms with van der Waals surface area (Å²) in [5.74, 6) is 0.771. The number of pyridine rings is 1. The third-order valence-corrected chi connectivity index (χ3v) is 3.31. The molecular weight excluding hydrogens is 322 g/mol. The quantitative estimate of drug-likeness (QED) is 0.794. The molecule has 0 saturated heterocycles. The lowest BCUT2D eigenvalue weighted by Crippen LogP contribution is -2.05. The Hall–Kier alpha value is -1.88. The van der Waals surface area contributed by atoms with Gasteiger partial charge in [-0.05, 0) is 43.7 Å². The van der Waals surface area contributed by atoms with E-state index in [1.54, 1.807) is 19.1 Å². The summed E-state index contributed by atoms with van der Waals surface area (Å²) < 4.78 is 11.4. The summed E-state index contributed by atoms with van der Waals surface area (Å²) in [7, 11) is 1.34. The van der Waals surface area contributed by atoms with Crippen LogP contribution in [0.3, 0.4) is 0 Å². The van der Waals surface area contributed by atoms with E-state index in [4.69, 9.17) is 4.74 Å². The standard InChI is InChI=1S/C15H14BrNO3/c1-9-8-11(16)4-6-13(9)20-14-7-5-12(10(2)17-14)15(18)19-3/h4-8H,1-3H3. The summed E-state index contributed by atoms with van der Waals surface area (Å²) in [5.41, 5.74) is 2.01. The minimum Gasteiger partial charge on any atom is -0.465 e. The Bertz CT molecular complexity index is 656. The molecule has 0 spiro atoms. The Balaban J connectivity index is 2.26. The number of hydrogen-bond acceptors (Lipinski definition) is 4. The van der Waals surface area contributed by atoms with Gasteiger partial charge in [0.05, 0.1) is 18.4 Å². The van der Waals surface area contributed by atoms with Gasteiger partial charge in [-0.1, -0.05) is 15.9 Å². The summed E-state index contributed by atoms with van der Waals surface area (Å²) in [5, 5.41) is 0. The molecule has 0 bridgehead atoms. The van der Waals surface area contributed by atoms with E-state index < -0.39 is 5.97 Å². The first-order chi connectivity index (χ1) is 9.51. The van der Waals surface area contributed by atoms with Crippen LogP contribution in [-0.2, 0) is 4.74 Å². The van der Waals surface area contributed by atoms with Crippen LogP contribution in [0.25, 0.3) is 0 Å². The Kier molecular flexibility index (Phi) is 4.39. The summed E-state index contributed by atoms with van der Waals surface area (Å²) in [6.45, 7) is 3.70. The number of carbonyl (C=O) groups is 1. The molecule has 0 N–H and O–H groups in total. The number of halogens is 1. The number of carbonyl (C=O) groups excluding carboxylic acids is 1. The minimum absolute atomic E-state index is 0.402. The van der Waals surface area contributed by atoms with Crippen molar-refractivity contribution in [1.29, 1.82) is 0 Å². The van der Waals surface area contributed by atoms with Gasteiger partial charge in [-0.3, -0.25) is 0 Å². The van der Waals surface area contributed by atoms with E-state index >= 15 is 0 Å². The van der Waals surface area contributed by atoms with E-state index in [1.807, 2.05) is 25.1 Å². The largest absolute Gasteiger partial charge is 0.465 e. The molecule has 2 aromatic rings. The molecule has 1 aromatic heterocycles. The van der Waals surface area contributed by atoms with Gasteiger partial charge in [-0.2, -0.15) is 0 Å². The van der Waals surface area contributed by atoms with Crippen LogP contribution in [0.4, 0.5) is 0 Å². The summed E-state index contributed by atoms with van der Waals surface area (Å²) in [4.78, 5) is 15.8. The smallest absolute Gasteiger partial charge is 0.339 e. The van der Waals surface area contributed by atoms with Crippen molar-refractivity contribution in [3.63, 3.8) is 0 Å². The highest BCUT2D eigenvalue weighted by molar-refractivity contribution is 9.10. The third-order valence-electron chi connectivity index (χ3n) is 2.82. The molecule has 0 unspecified atom stereocenters. The van der Waals surface area contributed by atoms with Crippen molar-refractivity contribution in [1.82, 2.24) is 4.98 Å².